The van der Waals surface area contributed by atoms with E-state index in [0.717, 1.165) is 27.8 Å². The number of aliphatic hydroxyl groups excluding tert-OH is 1. The van der Waals surface area contributed by atoms with Crippen molar-refractivity contribution >= 4 is 14.0 Å². The molecule has 0 saturated carbocycles. The van der Waals surface area contributed by atoms with Crippen molar-refractivity contribution in [1.82, 2.24) is 5.32 Å². The minimum Gasteiger partial charge on any atom is -0.481 e. The van der Waals surface area contributed by atoms with Crippen LogP contribution in [0.1, 0.15) is 28.7 Å². The zero-order valence-electron chi connectivity index (χ0n) is 16.7. The number of aliphatic carboxylic acids is 1. The molecule has 156 valence electrons. The lowest BCUT2D eigenvalue weighted by molar-refractivity contribution is -0.138. The molecule has 0 spiro atoms. The van der Waals surface area contributed by atoms with Crippen molar-refractivity contribution in [2.75, 3.05) is 12.9 Å². The summed E-state index contributed by atoms with van der Waals surface area (Å²) >= 11 is 0. The van der Waals surface area contributed by atoms with Gasteiger partial charge >= 0.3 is 14.0 Å². The summed E-state index contributed by atoms with van der Waals surface area (Å²) in [6, 6.07) is 9.11. The maximum Gasteiger partial charge on any atom is 0.512 e. The van der Waals surface area contributed by atoms with Gasteiger partial charge in [-0.2, -0.15) is 0 Å². The first-order valence-electron chi connectivity index (χ1n) is 9.22. The summed E-state index contributed by atoms with van der Waals surface area (Å²) in [5.74, 6) is -1.41. The normalized spacial score (nSPS) is 12.7. The summed E-state index contributed by atoms with van der Waals surface area (Å²) in [5.41, 5.74) is 5.65. The first-order valence-corrected chi connectivity index (χ1v) is 10.6. The van der Waals surface area contributed by atoms with Gasteiger partial charge < -0.3 is 10.2 Å². The van der Waals surface area contributed by atoms with Crippen LogP contribution >= 0.6 is 8.03 Å². The Balaban J connectivity index is 2.03. The number of rotatable bonds is 10. The van der Waals surface area contributed by atoms with Crippen LogP contribution in [0.2, 0.25) is 0 Å². The molecule has 29 heavy (non-hydrogen) atoms. The van der Waals surface area contributed by atoms with E-state index in [1.807, 2.05) is 26.0 Å². The monoisotopic (exact) mass is 422 g/mol. The molecule has 0 aromatic heterocycles. The summed E-state index contributed by atoms with van der Waals surface area (Å²) in [7, 11) is -2.17. The molecule has 0 aliphatic rings. The first kappa shape index (κ1) is 23.1. The average Bonchev–Trinajstić information content (AvgIpc) is 2.61. The second-order valence-corrected chi connectivity index (χ2v) is 8.33. The Morgan fingerprint density at radius 2 is 1.93 bits per heavy atom. The minimum absolute atomic E-state index is 0.00973. The molecule has 2 aromatic carbocycles. The zero-order valence-corrected chi connectivity index (χ0v) is 17.6. The second-order valence-electron chi connectivity index (χ2n) is 7.04. The van der Waals surface area contributed by atoms with Crippen LogP contribution in [0.4, 0.5) is 4.39 Å². The third-order valence-electron chi connectivity index (χ3n) is 4.47. The van der Waals surface area contributed by atoms with E-state index in [9.17, 15) is 18.9 Å². The zero-order chi connectivity index (χ0) is 21.6. The smallest absolute Gasteiger partial charge is 0.481 e. The molecule has 8 heteroatoms. The van der Waals surface area contributed by atoms with Gasteiger partial charge in [0, 0.05) is 6.54 Å². The van der Waals surface area contributed by atoms with Gasteiger partial charge in [0.15, 0.2) is 6.73 Å². The van der Waals surface area contributed by atoms with E-state index in [1.165, 1.54) is 6.07 Å². The van der Waals surface area contributed by atoms with Gasteiger partial charge in [-0.15, -0.1) is 4.52 Å². The molecule has 6 nitrogen and oxygen atoms in total. The molecular formula is C21H26FNO5P+. The highest BCUT2D eigenvalue weighted by Gasteiger charge is 2.25. The highest BCUT2D eigenvalue weighted by atomic mass is 31.1. The highest BCUT2D eigenvalue weighted by molar-refractivity contribution is 7.39. The number of hydrogen-bond donors (Lipinski definition) is 3. The van der Waals surface area contributed by atoms with Gasteiger partial charge in [-0.25, -0.2) is 4.39 Å². The third kappa shape index (κ3) is 6.98. The summed E-state index contributed by atoms with van der Waals surface area (Å²) < 4.78 is 30.6. The fourth-order valence-corrected chi connectivity index (χ4v) is 3.90. The standard InChI is InChI=1S/C21H25FNO5P/c1-13-6-14(2)19(18(7-13)16-4-5-20(22)15(3)8-16)10-23-12-28-29(27)11-17(24)9-21(25)26/h4-8,17,23-24H,9-12H2,1-3H3/p+1. The highest BCUT2D eigenvalue weighted by Crippen LogP contribution is 2.29. The molecule has 2 rings (SSSR count). The minimum atomic E-state index is -2.17. The van der Waals surface area contributed by atoms with Crippen LogP contribution in [0.15, 0.2) is 30.3 Å². The molecule has 2 unspecified atom stereocenters. The predicted molar refractivity (Wildman–Crippen MR) is 110 cm³/mol. The molecule has 0 bridgehead atoms. The van der Waals surface area contributed by atoms with E-state index in [0.29, 0.717) is 12.1 Å². The van der Waals surface area contributed by atoms with Crippen LogP contribution in [-0.2, 0) is 20.4 Å². The summed E-state index contributed by atoms with van der Waals surface area (Å²) in [4.78, 5) is 10.5. The van der Waals surface area contributed by atoms with Crippen molar-refractivity contribution in [3.8, 4) is 11.1 Å². The largest absolute Gasteiger partial charge is 0.512 e. The first-order chi connectivity index (χ1) is 13.7. The van der Waals surface area contributed by atoms with Gasteiger partial charge in [0.1, 0.15) is 11.9 Å². The SMILES string of the molecule is Cc1cc(C)c(CNCO[P+](=O)CC(O)CC(=O)O)c(-c2ccc(F)c(C)c2)c1. The molecule has 0 radical (unpaired) electrons. The van der Waals surface area contributed by atoms with E-state index in [2.05, 4.69) is 11.4 Å². The number of nitrogens with one attached hydrogen (secondary N) is 1. The Labute approximate surface area is 170 Å². The van der Waals surface area contributed by atoms with Crippen LogP contribution in [0.3, 0.4) is 0 Å². The Morgan fingerprint density at radius 3 is 2.59 bits per heavy atom. The number of carboxylic acid groups (broad SMARTS) is 1. The average molecular weight is 422 g/mol. The van der Waals surface area contributed by atoms with Crippen molar-refractivity contribution in [3.63, 3.8) is 0 Å². The number of halogens is 1. The van der Waals surface area contributed by atoms with Crippen LogP contribution in [0, 0.1) is 26.6 Å². The Hall–Kier alpha value is -2.18. The van der Waals surface area contributed by atoms with E-state index in [4.69, 9.17) is 9.63 Å². The number of carbonyl (C=O) groups is 1. The van der Waals surface area contributed by atoms with Crippen LogP contribution in [-0.4, -0.2) is 35.2 Å². The quantitative estimate of drug-likeness (QED) is 0.304. The van der Waals surface area contributed by atoms with Crippen LogP contribution in [0.5, 0.6) is 0 Å². The lowest BCUT2D eigenvalue weighted by atomic mass is 9.93. The Bertz CT molecular complexity index is 903. The van der Waals surface area contributed by atoms with Gasteiger partial charge in [0.05, 0.1) is 6.42 Å². The van der Waals surface area contributed by atoms with E-state index in [1.54, 1.807) is 13.0 Å². The third-order valence-corrected chi connectivity index (χ3v) is 5.61. The maximum absolute atomic E-state index is 13.7. The van der Waals surface area contributed by atoms with Crippen LogP contribution < -0.4 is 5.32 Å². The topological polar surface area (TPSA) is 95.9 Å². The molecule has 0 fully saturated rings. The Kier molecular flexibility index (Phi) is 8.41. The van der Waals surface area contributed by atoms with E-state index in [-0.39, 0.29) is 18.7 Å². The van der Waals surface area contributed by atoms with Gasteiger partial charge in [-0.1, -0.05) is 23.8 Å². The number of aryl methyl sites for hydroxylation is 3. The molecule has 3 N–H and O–H groups in total. The molecule has 2 aromatic rings. The van der Waals surface area contributed by atoms with Crippen molar-refractivity contribution in [2.45, 2.75) is 39.8 Å². The van der Waals surface area contributed by atoms with Gasteiger partial charge in [-0.3, -0.25) is 10.1 Å². The molecule has 2 atom stereocenters. The van der Waals surface area contributed by atoms with Gasteiger partial charge in [-0.05, 0) is 65.3 Å². The number of benzene rings is 2. The molecular weight excluding hydrogens is 396 g/mol. The van der Waals surface area contributed by atoms with Crippen molar-refractivity contribution in [2.24, 2.45) is 0 Å². The molecule has 0 heterocycles. The van der Waals surface area contributed by atoms with Crippen molar-refractivity contribution < 1.29 is 28.5 Å². The summed E-state index contributed by atoms with van der Waals surface area (Å²) in [6.45, 7) is 6.15. The van der Waals surface area contributed by atoms with Gasteiger partial charge in [0.25, 0.3) is 0 Å². The second kappa shape index (κ2) is 10.6. The number of aliphatic hydroxyl groups is 1. The summed E-state index contributed by atoms with van der Waals surface area (Å²) in [6.07, 6.45) is -1.91. The summed E-state index contributed by atoms with van der Waals surface area (Å²) in [5, 5.41) is 21.2. The fourth-order valence-electron chi connectivity index (χ4n) is 3.09. The van der Waals surface area contributed by atoms with Gasteiger partial charge in [0.2, 0.25) is 6.16 Å². The number of hydrogen-bond acceptors (Lipinski definition) is 5. The van der Waals surface area contributed by atoms with E-state index >= 15 is 0 Å². The van der Waals surface area contributed by atoms with Crippen molar-refractivity contribution in [3.05, 3.63) is 58.4 Å². The molecule has 0 aliphatic heterocycles. The lowest BCUT2D eigenvalue weighted by Crippen LogP contribution is -2.19. The molecule has 0 saturated heterocycles. The lowest BCUT2D eigenvalue weighted by Gasteiger charge is -2.15. The Morgan fingerprint density at radius 1 is 1.21 bits per heavy atom. The predicted octanol–water partition coefficient (Wildman–Crippen LogP) is 4.06. The van der Waals surface area contributed by atoms with E-state index < -0.39 is 26.5 Å². The maximum atomic E-state index is 13.7. The van der Waals surface area contributed by atoms with Crippen molar-refractivity contribution in [1.29, 1.82) is 0 Å². The fraction of sp³-hybridized carbons (Fsp3) is 0.381. The number of carboxylic acids is 1. The molecule has 0 aliphatic carbocycles. The van der Waals surface area contributed by atoms with Crippen LogP contribution in [0.25, 0.3) is 11.1 Å². The molecule has 0 amide bonds.